The van der Waals surface area contributed by atoms with Crippen LogP contribution in [0.2, 0.25) is 0 Å². The summed E-state index contributed by atoms with van der Waals surface area (Å²) in [5.74, 6) is 2.64. The highest BCUT2D eigenvalue weighted by atomic mass is 16.5. The fourth-order valence-corrected chi connectivity index (χ4v) is 2.04. The number of unbranched alkanes of at least 4 members (excludes halogenated alkanes) is 4. The second-order valence-corrected chi connectivity index (χ2v) is 5.15. The molecule has 0 saturated carbocycles. The lowest BCUT2D eigenvalue weighted by Crippen LogP contribution is -2.02. The molecule has 0 atom stereocenters. The van der Waals surface area contributed by atoms with E-state index >= 15 is 0 Å². The van der Waals surface area contributed by atoms with Gasteiger partial charge in [0.05, 0.1) is 19.3 Å². The van der Waals surface area contributed by atoms with Crippen LogP contribution < -0.4 is 0 Å². The van der Waals surface area contributed by atoms with Gasteiger partial charge in [-0.05, 0) is 36.8 Å². The Labute approximate surface area is 134 Å². The number of hydrogen-bond acceptors (Lipinski definition) is 3. The van der Waals surface area contributed by atoms with Gasteiger partial charge in [-0.1, -0.05) is 24.3 Å². The first-order valence-corrected chi connectivity index (χ1v) is 7.91. The summed E-state index contributed by atoms with van der Waals surface area (Å²) in [6.07, 6.45) is 10.5. The van der Waals surface area contributed by atoms with Crippen molar-refractivity contribution in [2.45, 2.75) is 51.7 Å². The van der Waals surface area contributed by atoms with Crippen LogP contribution in [-0.4, -0.2) is 13.2 Å². The number of nitrogens with zero attached hydrogens (tertiary/aromatic N) is 1. The standard InChI is InChI=1S/C19H25NO2/c1-2-3-4-9-14-21-16-18-11-6-7-12-19(18)17-22-15-10-5-8-13-20/h1,6-7,11-12H,3-5,8-10,14-17H2. The van der Waals surface area contributed by atoms with Crippen LogP contribution in [0, 0.1) is 23.7 Å². The van der Waals surface area contributed by atoms with Crippen molar-refractivity contribution in [1.82, 2.24) is 0 Å². The lowest BCUT2D eigenvalue weighted by molar-refractivity contribution is 0.104. The molecular formula is C19H25NO2. The predicted octanol–water partition coefficient (Wildman–Crippen LogP) is 4.22. The second-order valence-electron chi connectivity index (χ2n) is 5.15. The molecule has 0 N–H and O–H groups in total. The summed E-state index contributed by atoms with van der Waals surface area (Å²) in [5.41, 5.74) is 2.35. The second kappa shape index (κ2) is 12.9. The molecule has 1 rings (SSSR count). The van der Waals surface area contributed by atoms with Crippen LogP contribution in [0.3, 0.4) is 0 Å². The van der Waals surface area contributed by atoms with E-state index in [-0.39, 0.29) is 0 Å². The Morgan fingerprint density at radius 1 is 0.864 bits per heavy atom. The molecule has 0 spiro atoms. The molecule has 1 aromatic carbocycles. The van der Waals surface area contributed by atoms with E-state index in [9.17, 15) is 0 Å². The van der Waals surface area contributed by atoms with Crippen molar-refractivity contribution >= 4 is 0 Å². The van der Waals surface area contributed by atoms with Crippen LogP contribution in [0.4, 0.5) is 0 Å². The Balaban J connectivity index is 2.23. The number of rotatable bonds is 12. The van der Waals surface area contributed by atoms with Crippen LogP contribution in [-0.2, 0) is 22.7 Å². The normalized spacial score (nSPS) is 10.1. The molecule has 0 aliphatic carbocycles. The first kappa shape index (κ1) is 18.2. The summed E-state index contributed by atoms with van der Waals surface area (Å²) < 4.78 is 11.4. The van der Waals surface area contributed by atoms with Gasteiger partial charge >= 0.3 is 0 Å². The summed E-state index contributed by atoms with van der Waals surface area (Å²) in [7, 11) is 0. The molecule has 0 aliphatic heterocycles. The van der Waals surface area contributed by atoms with Crippen LogP contribution >= 0.6 is 0 Å². The Hall–Kier alpha value is -1.81. The Bertz CT molecular complexity index is 440. The average molecular weight is 299 g/mol. The fraction of sp³-hybridized carbons (Fsp3) is 0.526. The molecule has 0 unspecified atom stereocenters. The van der Waals surface area contributed by atoms with Gasteiger partial charge in [-0.3, -0.25) is 0 Å². The van der Waals surface area contributed by atoms with Crippen LogP contribution in [0.25, 0.3) is 0 Å². The van der Waals surface area contributed by atoms with Crippen LogP contribution in [0.1, 0.15) is 49.7 Å². The van der Waals surface area contributed by atoms with Crippen molar-refractivity contribution in [2.24, 2.45) is 0 Å². The highest BCUT2D eigenvalue weighted by molar-refractivity contribution is 5.25. The molecule has 3 heteroatoms. The Morgan fingerprint density at radius 2 is 1.41 bits per heavy atom. The highest BCUT2D eigenvalue weighted by Gasteiger charge is 2.02. The number of terminal acetylenes is 1. The van der Waals surface area contributed by atoms with Gasteiger partial charge in [-0.15, -0.1) is 12.3 Å². The minimum absolute atomic E-state index is 0.600. The van der Waals surface area contributed by atoms with E-state index in [4.69, 9.17) is 21.2 Å². The first-order chi connectivity index (χ1) is 10.9. The van der Waals surface area contributed by atoms with E-state index in [1.165, 1.54) is 11.1 Å². The Kier molecular flexibility index (Phi) is 10.7. The molecule has 0 fully saturated rings. The van der Waals surface area contributed by atoms with E-state index in [1.807, 2.05) is 12.1 Å². The topological polar surface area (TPSA) is 42.2 Å². The van der Waals surface area contributed by atoms with Gasteiger partial charge in [-0.2, -0.15) is 5.26 Å². The van der Waals surface area contributed by atoms with E-state index in [2.05, 4.69) is 24.1 Å². The van der Waals surface area contributed by atoms with Gasteiger partial charge in [0.25, 0.3) is 0 Å². The van der Waals surface area contributed by atoms with Gasteiger partial charge in [0.1, 0.15) is 0 Å². The van der Waals surface area contributed by atoms with Crippen molar-refractivity contribution < 1.29 is 9.47 Å². The van der Waals surface area contributed by atoms with Crippen molar-refractivity contribution in [1.29, 1.82) is 5.26 Å². The van der Waals surface area contributed by atoms with Crippen molar-refractivity contribution in [3.63, 3.8) is 0 Å². The molecule has 1 aromatic rings. The number of nitriles is 1. The number of hydrogen-bond donors (Lipinski definition) is 0. The summed E-state index contributed by atoms with van der Waals surface area (Å²) in [6.45, 7) is 2.65. The predicted molar refractivity (Wildman–Crippen MR) is 87.9 cm³/mol. The molecule has 0 aliphatic rings. The van der Waals surface area contributed by atoms with E-state index < -0.39 is 0 Å². The van der Waals surface area contributed by atoms with E-state index in [0.29, 0.717) is 26.2 Å². The first-order valence-electron chi connectivity index (χ1n) is 7.91. The molecule has 22 heavy (non-hydrogen) atoms. The molecule has 118 valence electrons. The van der Waals surface area contributed by atoms with E-state index in [1.54, 1.807) is 0 Å². The van der Waals surface area contributed by atoms with Gasteiger partial charge in [0, 0.05) is 26.1 Å². The van der Waals surface area contributed by atoms with Crippen LogP contribution in [0.15, 0.2) is 24.3 Å². The molecule has 0 aromatic heterocycles. The minimum Gasteiger partial charge on any atom is -0.377 e. The summed E-state index contributed by atoms with van der Waals surface area (Å²) in [5, 5.41) is 8.47. The monoisotopic (exact) mass is 299 g/mol. The third-order valence-electron chi connectivity index (χ3n) is 3.32. The number of ether oxygens (including phenoxy) is 2. The van der Waals surface area contributed by atoms with Crippen molar-refractivity contribution in [2.75, 3.05) is 13.2 Å². The smallest absolute Gasteiger partial charge is 0.0720 e. The molecule has 0 radical (unpaired) electrons. The lowest BCUT2D eigenvalue weighted by Gasteiger charge is -2.10. The highest BCUT2D eigenvalue weighted by Crippen LogP contribution is 2.12. The molecular weight excluding hydrogens is 274 g/mol. The zero-order valence-corrected chi connectivity index (χ0v) is 13.2. The van der Waals surface area contributed by atoms with Gasteiger partial charge < -0.3 is 9.47 Å². The average Bonchev–Trinajstić information content (AvgIpc) is 2.55. The molecule has 0 heterocycles. The van der Waals surface area contributed by atoms with Crippen molar-refractivity contribution in [3.8, 4) is 18.4 Å². The van der Waals surface area contributed by atoms with E-state index in [0.717, 1.165) is 38.7 Å². The third-order valence-corrected chi connectivity index (χ3v) is 3.32. The zero-order valence-electron chi connectivity index (χ0n) is 13.2. The summed E-state index contributed by atoms with van der Waals surface area (Å²) >= 11 is 0. The lowest BCUT2D eigenvalue weighted by atomic mass is 10.1. The quantitative estimate of drug-likeness (QED) is 0.429. The molecule has 0 saturated heterocycles. The van der Waals surface area contributed by atoms with Crippen LogP contribution in [0.5, 0.6) is 0 Å². The van der Waals surface area contributed by atoms with Gasteiger partial charge in [0.2, 0.25) is 0 Å². The fourth-order valence-electron chi connectivity index (χ4n) is 2.04. The van der Waals surface area contributed by atoms with Gasteiger partial charge in [0.15, 0.2) is 0 Å². The third kappa shape index (κ3) is 8.47. The largest absolute Gasteiger partial charge is 0.377 e. The summed E-state index contributed by atoms with van der Waals surface area (Å²) in [6, 6.07) is 10.3. The maximum absolute atomic E-state index is 8.47. The minimum atomic E-state index is 0.600. The molecule has 0 amide bonds. The molecule has 3 nitrogen and oxygen atoms in total. The summed E-state index contributed by atoms with van der Waals surface area (Å²) in [4.78, 5) is 0. The maximum atomic E-state index is 8.47. The van der Waals surface area contributed by atoms with Gasteiger partial charge in [-0.25, -0.2) is 0 Å². The zero-order chi connectivity index (χ0) is 15.9. The SMILES string of the molecule is C#CCCCCOCc1ccccc1COCCCCC#N. The molecule has 0 bridgehead atoms. The number of benzene rings is 1. The Morgan fingerprint density at radius 3 is 1.91 bits per heavy atom. The maximum Gasteiger partial charge on any atom is 0.0720 e. The van der Waals surface area contributed by atoms with Crippen molar-refractivity contribution in [3.05, 3.63) is 35.4 Å².